The summed E-state index contributed by atoms with van der Waals surface area (Å²) < 4.78 is 4.88. The van der Waals surface area contributed by atoms with Crippen LogP contribution in [0.25, 0.3) is 0 Å². The highest BCUT2D eigenvalue weighted by molar-refractivity contribution is 7.09. The first-order valence-corrected chi connectivity index (χ1v) is 7.51. The summed E-state index contributed by atoms with van der Waals surface area (Å²) in [6.45, 7) is 3.76. The number of esters is 1. The molecule has 0 bridgehead atoms. The Hall–Kier alpha value is -2.14. The summed E-state index contributed by atoms with van der Waals surface area (Å²) in [6.07, 6.45) is 1.77. The molecule has 4 nitrogen and oxygen atoms in total. The molecule has 0 aliphatic rings. The number of hydrogen-bond acceptors (Lipinski definition) is 5. The average Bonchev–Trinajstić information content (AvgIpc) is 2.94. The number of allylic oxidation sites excluding steroid dienone is 1. The van der Waals surface area contributed by atoms with Crippen molar-refractivity contribution >= 4 is 23.0 Å². The van der Waals surface area contributed by atoms with E-state index < -0.39 is 0 Å². The summed E-state index contributed by atoms with van der Waals surface area (Å²) in [6, 6.07) is 9.43. The van der Waals surface area contributed by atoms with E-state index >= 15 is 0 Å². The number of hydrogen-bond donors (Lipinski definition) is 1. The van der Waals surface area contributed by atoms with E-state index in [1.165, 1.54) is 18.4 Å². The predicted molar refractivity (Wildman–Crippen MR) is 85.4 cm³/mol. The van der Waals surface area contributed by atoms with Crippen LogP contribution in [-0.4, -0.2) is 18.1 Å². The van der Waals surface area contributed by atoms with Gasteiger partial charge in [0.25, 0.3) is 0 Å². The summed E-state index contributed by atoms with van der Waals surface area (Å²) >= 11 is 1.53. The van der Waals surface area contributed by atoms with E-state index in [-0.39, 0.29) is 12.0 Å². The maximum absolute atomic E-state index is 12.0. The molecule has 0 amide bonds. The number of carbonyl (C=O) groups is 1. The van der Waals surface area contributed by atoms with Gasteiger partial charge in [-0.2, -0.15) is 0 Å². The first kappa shape index (κ1) is 15.3. The lowest BCUT2D eigenvalue weighted by molar-refractivity contribution is -0.136. The van der Waals surface area contributed by atoms with Gasteiger partial charge in [0.15, 0.2) is 0 Å². The molecule has 1 heterocycles. The molecule has 21 heavy (non-hydrogen) atoms. The average molecular weight is 302 g/mol. The van der Waals surface area contributed by atoms with Crippen LogP contribution >= 0.6 is 11.3 Å². The number of aromatic nitrogens is 1. The lowest BCUT2D eigenvalue weighted by atomic mass is 10.1. The maximum Gasteiger partial charge on any atom is 0.335 e. The van der Waals surface area contributed by atoms with Gasteiger partial charge in [-0.25, -0.2) is 9.78 Å². The second kappa shape index (κ2) is 7.04. The molecule has 2 aromatic rings. The molecule has 1 unspecified atom stereocenters. The number of rotatable bonds is 5. The third kappa shape index (κ3) is 3.70. The molecule has 1 atom stereocenters. The molecule has 1 aromatic carbocycles. The normalized spacial score (nSPS) is 12.8. The molecule has 1 N–H and O–H groups in total. The van der Waals surface area contributed by atoms with Crippen LogP contribution in [0.15, 0.2) is 47.4 Å². The number of aryl methyl sites for hydroxylation is 1. The van der Waals surface area contributed by atoms with Crippen molar-refractivity contribution in [3.8, 4) is 0 Å². The number of nitrogens with one attached hydrogen (secondary N) is 1. The molecule has 0 aliphatic carbocycles. The number of methoxy groups -OCH3 is 1. The van der Waals surface area contributed by atoms with E-state index in [2.05, 4.69) is 10.3 Å². The van der Waals surface area contributed by atoms with Crippen LogP contribution in [0.2, 0.25) is 0 Å². The van der Waals surface area contributed by atoms with Crippen LogP contribution in [0.5, 0.6) is 0 Å². The second-order valence-corrected chi connectivity index (χ2v) is 5.40. The molecule has 0 saturated carbocycles. The van der Waals surface area contributed by atoms with Gasteiger partial charge < -0.3 is 10.1 Å². The molecule has 0 radical (unpaired) electrons. The van der Waals surface area contributed by atoms with Crippen molar-refractivity contribution < 1.29 is 9.53 Å². The van der Waals surface area contributed by atoms with Crippen molar-refractivity contribution in [1.82, 2.24) is 4.98 Å². The zero-order chi connectivity index (χ0) is 15.2. The lowest BCUT2D eigenvalue weighted by Crippen LogP contribution is -2.20. The topological polar surface area (TPSA) is 51.2 Å². The zero-order valence-corrected chi connectivity index (χ0v) is 13.1. The fourth-order valence-corrected chi connectivity index (χ4v) is 2.86. The van der Waals surface area contributed by atoms with Crippen LogP contribution in [0.3, 0.4) is 0 Å². The first-order valence-electron chi connectivity index (χ1n) is 6.63. The van der Waals surface area contributed by atoms with Crippen molar-refractivity contribution in [2.24, 2.45) is 0 Å². The smallest absolute Gasteiger partial charge is 0.335 e. The quantitative estimate of drug-likeness (QED) is 0.675. The Morgan fingerprint density at radius 3 is 2.62 bits per heavy atom. The number of ether oxygens (including phenoxy) is 1. The summed E-state index contributed by atoms with van der Waals surface area (Å²) in [5.41, 5.74) is 2.42. The zero-order valence-electron chi connectivity index (χ0n) is 12.3. The van der Waals surface area contributed by atoms with Gasteiger partial charge >= 0.3 is 5.97 Å². The lowest BCUT2D eigenvalue weighted by Gasteiger charge is -2.19. The van der Waals surface area contributed by atoms with Gasteiger partial charge in [-0.15, -0.1) is 11.3 Å². The third-order valence-corrected chi connectivity index (χ3v) is 4.04. The summed E-state index contributed by atoms with van der Waals surface area (Å²) in [4.78, 5) is 16.5. The van der Waals surface area contributed by atoms with E-state index in [1.54, 1.807) is 6.08 Å². The number of nitrogens with zero attached hydrogens (tertiary/aromatic N) is 1. The van der Waals surface area contributed by atoms with E-state index in [0.717, 1.165) is 16.4 Å². The Morgan fingerprint density at radius 1 is 1.38 bits per heavy atom. The van der Waals surface area contributed by atoms with Crippen molar-refractivity contribution in [2.75, 3.05) is 12.4 Å². The van der Waals surface area contributed by atoms with Crippen molar-refractivity contribution in [3.63, 3.8) is 0 Å². The molecular formula is C16H18N2O2S. The van der Waals surface area contributed by atoms with E-state index in [9.17, 15) is 4.79 Å². The minimum absolute atomic E-state index is 0.316. The molecular weight excluding hydrogens is 284 g/mol. The number of thiazole rings is 1. The highest BCUT2D eigenvalue weighted by atomic mass is 32.1. The molecule has 0 fully saturated rings. The Labute approximate surface area is 128 Å². The van der Waals surface area contributed by atoms with Crippen molar-refractivity contribution in [1.29, 1.82) is 0 Å². The van der Waals surface area contributed by atoms with Crippen LogP contribution in [-0.2, 0) is 9.53 Å². The van der Waals surface area contributed by atoms with Crippen LogP contribution in [0.1, 0.15) is 23.7 Å². The molecule has 110 valence electrons. The van der Waals surface area contributed by atoms with Gasteiger partial charge in [-0.05, 0) is 26.0 Å². The SMILES string of the molecule is C/C=C(\C(=O)OC)C(Nc1ccccc1)c1nc(C)cs1. The van der Waals surface area contributed by atoms with Crippen LogP contribution in [0, 0.1) is 6.92 Å². The van der Waals surface area contributed by atoms with Crippen molar-refractivity contribution in [2.45, 2.75) is 19.9 Å². The summed E-state index contributed by atoms with van der Waals surface area (Å²) in [5.74, 6) is -0.348. The Kier molecular flexibility index (Phi) is 5.11. The van der Waals surface area contributed by atoms with Gasteiger partial charge in [-0.3, -0.25) is 0 Å². The maximum atomic E-state index is 12.0. The van der Waals surface area contributed by atoms with Gasteiger partial charge in [0.2, 0.25) is 0 Å². The van der Waals surface area contributed by atoms with E-state index in [4.69, 9.17) is 4.74 Å². The number of para-hydroxylation sites is 1. The monoisotopic (exact) mass is 302 g/mol. The number of carbonyl (C=O) groups excluding carboxylic acids is 1. The highest BCUT2D eigenvalue weighted by Crippen LogP contribution is 2.29. The summed E-state index contributed by atoms with van der Waals surface area (Å²) in [5, 5.41) is 6.17. The van der Waals surface area contributed by atoms with Crippen molar-refractivity contribution in [3.05, 3.63) is 58.1 Å². The van der Waals surface area contributed by atoms with E-state index in [0.29, 0.717) is 5.57 Å². The molecule has 0 saturated heterocycles. The third-order valence-electron chi connectivity index (χ3n) is 3.01. The van der Waals surface area contributed by atoms with Gasteiger partial charge in [0, 0.05) is 16.8 Å². The minimum atomic E-state index is -0.348. The minimum Gasteiger partial charge on any atom is -0.466 e. The fourth-order valence-electron chi connectivity index (χ4n) is 2.00. The number of anilines is 1. The Bertz CT molecular complexity index is 635. The molecule has 1 aromatic heterocycles. The molecule has 0 aliphatic heterocycles. The standard InChI is InChI=1S/C16H18N2O2S/c1-4-13(16(19)20-3)14(15-17-11(2)10-21-15)18-12-8-6-5-7-9-12/h4-10,14,18H,1-3H3/b13-4-. The number of benzene rings is 1. The first-order chi connectivity index (χ1) is 10.2. The van der Waals surface area contributed by atoms with Gasteiger partial charge in [0.05, 0.1) is 12.7 Å². The Morgan fingerprint density at radius 2 is 2.10 bits per heavy atom. The molecule has 2 rings (SSSR count). The summed E-state index contributed by atoms with van der Waals surface area (Å²) in [7, 11) is 1.39. The van der Waals surface area contributed by atoms with Gasteiger partial charge in [-0.1, -0.05) is 24.3 Å². The molecule has 0 spiro atoms. The fraction of sp³-hybridized carbons (Fsp3) is 0.250. The van der Waals surface area contributed by atoms with Crippen LogP contribution in [0.4, 0.5) is 5.69 Å². The second-order valence-electron chi connectivity index (χ2n) is 4.51. The van der Waals surface area contributed by atoms with Crippen LogP contribution < -0.4 is 5.32 Å². The highest BCUT2D eigenvalue weighted by Gasteiger charge is 2.25. The molecule has 5 heteroatoms. The Balaban J connectivity index is 2.37. The van der Waals surface area contributed by atoms with E-state index in [1.807, 2.05) is 49.6 Å². The predicted octanol–water partition coefficient (Wildman–Crippen LogP) is 3.72. The largest absolute Gasteiger partial charge is 0.466 e. The van der Waals surface area contributed by atoms with Gasteiger partial charge in [0.1, 0.15) is 11.0 Å².